The summed E-state index contributed by atoms with van der Waals surface area (Å²) in [5.41, 5.74) is 1.41. The Morgan fingerprint density at radius 1 is 1.12 bits per heavy atom. The molecule has 0 bridgehead atoms. The molecule has 2 nitrogen and oxygen atoms in total. The van der Waals surface area contributed by atoms with Crippen molar-refractivity contribution >= 4 is 5.78 Å². The summed E-state index contributed by atoms with van der Waals surface area (Å²) in [5.74, 6) is 0.0454. The fourth-order valence-corrected chi connectivity index (χ4v) is 1.68. The third-order valence-corrected chi connectivity index (χ3v) is 2.50. The number of ketones is 1. The number of carbonyl (C=O) groups excluding carboxylic acids is 1. The molecule has 2 aromatic rings. The summed E-state index contributed by atoms with van der Waals surface area (Å²) in [6.07, 6.45) is 5.57. The average Bonchev–Trinajstić information content (AvgIpc) is 2.40. The highest BCUT2D eigenvalue weighted by Gasteiger charge is 2.11. The molecule has 84 valence electrons. The van der Waals surface area contributed by atoms with Crippen molar-refractivity contribution in [2.45, 2.75) is 6.54 Å². The minimum Gasteiger partial charge on any atom is -0.288 e. The van der Waals surface area contributed by atoms with Gasteiger partial charge in [-0.1, -0.05) is 36.9 Å². The first-order chi connectivity index (χ1) is 8.31. The summed E-state index contributed by atoms with van der Waals surface area (Å²) in [6.45, 7) is 4.39. The fourth-order valence-electron chi connectivity index (χ4n) is 1.68. The lowest BCUT2D eigenvalue weighted by Crippen LogP contribution is -2.32. The zero-order valence-corrected chi connectivity index (χ0v) is 9.54. The van der Waals surface area contributed by atoms with E-state index in [4.69, 9.17) is 0 Å². The number of allylic oxidation sites excluding steroid dienone is 1. The molecule has 0 saturated carbocycles. The van der Waals surface area contributed by atoms with Crippen molar-refractivity contribution in [1.29, 1.82) is 0 Å². The van der Waals surface area contributed by atoms with Gasteiger partial charge in [-0.2, -0.15) is 0 Å². The number of hydrogen-bond donors (Lipinski definition) is 0. The highest BCUT2D eigenvalue weighted by Crippen LogP contribution is 2.07. The lowest BCUT2D eigenvalue weighted by atomic mass is 10.1. The van der Waals surface area contributed by atoms with Crippen LogP contribution in [0, 0.1) is 0 Å². The molecule has 0 spiro atoms. The second kappa shape index (κ2) is 5.21. The quantitative estimate of drug-likeness (QED) is 0.444. The predicted octanol–water partition coefficient (Wildman–Crippen LogP) is 2.39. The van der Waals surface area contributed by atoms with Crippen LogP contribution in [-0.4, -0.2) is 5.78 Å². The first kappa shape index (κ1) is 11.3. The Kier molecular flexibility index (Phi) is 3.46. The molecule has 0 radical (unpaired) electrons. The van der Waals surface area contributed by atoms with Gasteiger partial charge in [0.1, 0.15) is 0 Å². The van der Waals surface area contributed by atoms with E-state index >= 15 is 0 Å². The highest BCUT2D eigenvalue weighted by molar-refractivity contribution is 6.08. The maximum Gasteiger partial charge on any atom is 0.199 e. The van der Waals surface area contributed by atoms with Crippen LogP contribution < -0.4 is 4.57 Å². The van der Waals surface area contributed by atoms with Crippen LogP contribution in [-0.2, 0) is 6.54 Å². The fraction of sp³-hybridized carbons (Fsp3) is 0.0667. The number of hydrogen-bond acceptors (Lipinski definition) is 1. The van der Waals surface area contributed by atoms with Crippen LogP contribution in [0.3, 0.4) is 0 Å². The summed E-state index contributed by atoms with van der Waals surface area (Å²) < 4.78 is 1.93. The molecule has 0 fully saturated rings. The van der Waals surface area contributed by atoms with Crippen LogP contribution in [0.2, 0.25) is 0 Å². The number of pyridine rings is 1. The Morgan fingerprint density at radius 3 is 2.53 bits per heavy atom. The summed E-state index contributed by atoms with van der Waals surface area (Å²) in [7, 11) is 0. The zero-order chi connectivity index (χ0) is 12.1. The van der Waals surface area contributed by atoms with E-state index in [1.54, 1.807) is 6.08 Å². The smallest absolute Gasteiger partial charge is 0.199 e. The predicted molar refractivity (Wildman–Crippen MR) is 66.7 cm³/mol. The largest absolute Gasteiger partial charge is 0.288 e. The first-order valence-electron chi connectivity index (χ1n) is 5.51. The lowest BCUT2D eigenvalue weighted by Gasteiger charge is -1.99. The van der Waals surface area contributed by atoms with Crippen LogP contribution >= 0.6 is 0 Å². The molecule has 2 rings (SSSR count). The monoisotopic (exact) mass is 224 g/mol. The van der Waals surface area contributed by atoms with E-state index in [-0.39, 0.29) is 5.78 Å². The molecule has 0 saturated heterocycles. The number of rotatable bonds is 4. The summed E-state index contributed by atoms with van der Waals surface area (Å²) in [6, 6.07) is 13.0. The van der Waals surface area contributed by atoms with Gasteiger partial charge < -0.3 is 0 Å². The van der Waals surface area contributed by atoms with Crippen molar-refractivity contribution in [1.82, 2.24) is 0 Å². The van der Waals surface area contributed by atoms with E-state index < -0.39 is 0 Å². The van der Waals surface area contributed by atoms with E-state index in [0.29, 0.717) is 17.7 Å². The summed E-state index contributed by atoms with van der Waals surface area (Å²) in [4.78, 5) is 12.2. The topological polar surface area (TPSA) is 20.9 Å². The number of nitrogens with zero attached hydrogens (tertiary/aromatic N) is 1. The second-order valence-corrected chi connectivity index (χ2v) is 3.77. The van der Waals surface area contributed by atoms with Crippen LogP contribution in [0.4, 0.5) is 0 Å². The number of carbonyl (C=O) groups is 1. The molecule has 1 aromatic carbocycles. The van der Waals surface area contributed by atoms with Crippen molar-refractivity contribution in [2.24, 2.45) is 0 Å². The molecule has 0 N–H and O–H groups in total. The van der Waals surface area contributed by atoms with Gasteiger partial charge in [0.05, 0.1) is 5.56 Å². The molecule has 0 atom stereocenters. The molecule has 0 aliphatic carbocycles. The molecule has 1 aromatic heterocycles. The second-order valence-electron chi connectivity index (χ2n) is 3.77. The van der Waals surface area contributed by atoms with Gasteiger partial charge in [0.25, 0.3) is 0 Å². The first-order valence-corrected chi connectivity index (χ1v) is 5.51. The molecule has 1 heterocycles. The molecule has 2 heteroatoms. The van der Waals surface area contributed by atoms with Gasteiger partial charge in [-0.15, -0.1) is 0 Å². The van der Waals surface area contributed by atoms with Gasteiger partial charge in [0, 0.05) is 11.6 Å². The Morgan fingerprint density at radius 2 is 1.82 bits per heavy atom. The maximum atomic E-state index is 12.2. The van der Waals surface area contributed by atoms with Crippen LogP contribution in [0.25, 0.3) is 0 Å². The maximum absolute atomic E-state index is 12.2. The van der Waals surface area contributed by atoms with E-state index in [1.165, 1.54) is 0 Å². The van der Waals surface area contributed by atoms with Crippen molar-refractivity contribution < 1.29 is 9.36 Å². The standard InChI is InChI=1S/C15H14NO/c1-2-10-16-11-6-9-14(12-16)15(17)13-7-4-3-5-8-13/h2-9,11-12H,1,10H2/q+1. The average molecular weight is 224 g/mol. The van der Waals surface area contributed by atoms with Crippen molar-refractivity contribution in [3.05, 3.63) is 78.6 Å². The minimum atomic E-state index is 0.0454. The third kappa shape index (κ3) is 2.67. The van der Waals surface area contributed by atoms with Gasteiger partial charge in [-0.05, 0) is 12.1 Å². The van der Waals surface area contributed by atoms with E-state index in [0.717, 1.165) is 0 Å². The molecule has 0 aliphatic heterocycles. The normalized spacial score (nSPS) is 9.88. The Balaban J connectivity index is 2.31. The Hall–Kier alpha value is -2.22. The van der Waals surface area contributed by atoms with E-state index in [9.17, 15) is 4.79 Å². The van der Waals surface area contributed by atoms with Crippen molar-refractivity contribution in [2.75, 3.05) is 0 Å². The highest BCUT2D eigenvalue weighted by atomic mass is 16.1. The van der Waals surface area contributed by atoms with Gasteiger partial charge >= 0.3 is 0 Å². The molecular formula is C15H14NO+. The molecule has 0 aliphatic rings. The van der Waals surface area contributed by atoms with Gasteiger partial charge in [-0.3, -0.25) is 4.79 Å². The Bertz CT molecular complexity index is 532. The van der Waals surface area contributed by atoms with Gasteiger partial charge in [0.2, 0.25) is 0 Å². The van der Waals surface area contributed by atoms with E-state index in [2.05, 4.69) is 6.58 Å². The molecule has 17 heavy (non-hydrogen) atoms. The van der Waals surface area contributed by atoms with E-state index in [1.807, 2.05) is 59.4 Å². The molecule has 0 amide bonds. The zero-order valence-electron chi connectivity index (χ0n) is 9.54. The molecular weight excluding hydrogens is 210 g/mol. The SMILES string of the molecule is C=CC[n+]1cccc(C(=O)c2ccccc2)c1. The van der Waals surface area contributed by atoms with Crippen LogP contribution in [0.1, 0.15) is 15.9 Å². The van der Waals surface area contributed by atoms with Crippen molar-refractivity contribution in [3.8, 4) is 0 Å². The van der Waals surface area contributed by atoms with Crippen molar-refractivity contribution in [3.63, 3.8) is 0 Å². The minimum absolute atomic E-state index is 0.0454. The number of benzene rings is 1. The summed E-state index contributed by atoms with van der Waals surface area (Å²) >= 11 is 0. The summed E-state index contributed by atoms with van der Waals surface area (Å²) in [5, 5.41) is 0. The van der Waals surface area contributed by atoms with Gasteiger partial charge in [-0.25, -0.2) is 4.57 Å². The lowest BCUT2D eigenvalue weighted by molar-refractivity contribution is -0.687. The van der Waals surface area contributed by atoms with Gasteiger partial charge in [0.15, 0.2) is 24.7 Å². The Labute approximate surface area is 101 Å². The van der Waals surface area contributed by atoms with Crippen LogP contribution in [0.15, 0.2) is 67.5 Å². The third-order valence-electron chi connectivity index (χ3n) is 2.50. The molecule has 0 unspecified atom stereocenters. The number of aromatic nitrogens is 1. The van der Waals surface area contributed by atoms with Crippen LogP contribution in [0.5, 0.6) is 0 Å².